The molecule has 1 aliphatic heterocycles. The average Bonchev–Trinajstić information content (AvgIpc) is 2.89. The molecule has 0 saturated carbocycles. The number of hydrogen-bond acceptors (Lipinski definition) is 2. The third-order valence-electron chi connectivity index (χ3n) is 5.06. The van der Waals surface area contributed by atoms with Gasteiger partial charge in [-0.15, -0.1) is 0 Å². The quantitative estimate of drug-likeness (QED) is 0.907. The van der Waals surface area contributed by atoms with Gasteiger partial charge in [-0.3, -0.25) is 4.79 Å². The van der Waals surface area contributed by atoms with E-state index in [2.05, 4.69) is 12.1 Å². The van der Waals surface area contributed by atoms with Gasteiger partial charge < -0.3 is 10.0 Å². The molecule has 3 rings (SSSR count). The lowest BCUT2D eigenvalue weighted by molar-refractivity contribution is -0.157. The van der Waals surface area contributed by atoms with Gasteiger partial charge in [0.25, 0.3) is 0 Å². The summed E-state index contributed by atoms with van der Waals surface area (Å²) in [5.41, 5.74) is 1.54. The number of carbonyl (C=O) groups is 2. The number of nitrogens with zero attached hydrogens (tertiary/aromatic N) is 1. The van der Waals surface area contributed by atoms with E-state index >= 15 is 0 Å². The van der Waals surface area contributed by atoms with E-state index < -0.39 is 11.5 Å². The van der Waals surface area contributed by atoms with Gasteiger partial charge in [-0.25, -0.2) is 4.79 Å². The van der Waals surface area contributed by atoms with Crippen molar-refractivity contribution in [1.82, 2.24) is 4.90 Å². The molecule has 0 bridgehead atoms. The van der Waals surface area contributed by atoms with E-state index in [-0.39, 0.29) is 11.8 Å². The van der Waals surface area contributed by atoms with Gasteiger partial charge in [-0.05, 0) is 50.2 Å². The van der Waals surface area contributed by atoms with Gasteiger partial charge in [0.15, 0.2) is 0 Å². The van der Waals surface area contributed by atoms with Crippen LogP contribution in [0.25, 0.3) is 0 Å². The summed E-state index contributed by atoms with van der Waals surface area (Å²) in [5.74, 6) is -0.937. The van der Waals surface area contributed by atoms with Crippen LogP contribution in [0.1, 0.15) is 37.3 Å². The standard InChI is InChI=1S/C17H21NO3/c1-17(16(20)21)9-4-10-18(17)15(19)14-8-7-12-5-2-3-6-13(12)11-14/h2-3,5-6,14H,4,7-11H2,1H3,(H,20,21). The largest absolute Gasteiger partial charge is 0.480 e. The van der Waals surface area contributed by atoms with E-state index in [0.717, 1.165) is 25.7 Å². The average molecular weight is 287 g/mol. The molecule has 4 heteroatoms. The fraction of sp³-hybridized carbons (Fsp3) is 0.529. The molecule has 1 saturated heterocycles. The number of hydrogen-bond donors (Lipinski definition) is 1. The van der Waals surface area contributed by atoms with Crippen molar-refractivity contribution >= 4 is 11.9 Å². The number of amides is 1. The molecule has 0 spiro atoms. The molecular weight excluding hydrogens is 266 g/mol. The highest BCUT2D eigenvalue weighted by atomic mass is 16.4. The summed E-state index contributed by atoms with van der Waals surface area (Å²) in [5, 5.41) is 9.45. The Morgan fingerprint density at radius 2 is 2.00 bits per heavy atom. The first-order valence-electron chi connectivity index (χ1n) is 7.64. The Morgan fingerprint density at radius 1 is 1.29 bits per heavy atom. The minimum atomic E-state index is -1.02. The first kappa shape index (κ1) is 14.1. The molecule has 1 fully saturated rings. The van der Waals surface area contributed by atoms with Crippen LogP contribution in [-0.4, -0.2) is 34.0 Å². The van der Waals surface area contributed by atoms with Gasteiger partial charge in [0, 0.05) is 12.5 Å². The van der Waals surface area contributed by atoms with Gasteiger partial charge >= 0.3 is 5.97 Å². The Morgan fingerprint density at radius 3 is 2.71 bits per heavy atom. The molecule has 1 aliphatic carbocycles. The summed E-state index contributed by atoms with van der Waals surface area (Å²) in [7, 11) is 0. The second-order valence-corrected chi connectivity index (χ2v) is 6.38. The molecule has 112 valence electrons. The Bertz CT molecular complexity index is 583. The lowest BCUT2D eigenvalue weighted by atomic mass is 9.82. The summed E-state index contributed by atoms with van der Waals surface area (Å²) in [6.07, 6.45) is 3.79. The Labute approximate surface area is 124 Å². The minimum absolute atomic E-state index is 0.0203. The lowest BCUT2D eigenvalue weighted by Gasteiger charge is -2.35. The topological polar surface area (TPSA) is 57.6 Å². The fourth-order valence-corrected chi connectivity index (χ4v) is 3.67. The number of fused-ring (bicyclic) bond motifs is 1. The van der Waals surface area contributed by atoms with Crippen LogP contribution in [0, 0.1) is 5.92 Å². The molecule has 2 aliphatic rings. The molecule has 1 amide bonds. The molecule has 21 heavy (non-hydrogen) atoms. The van der Waals surface area contributed by atoms with Crippen LogP contribution in [0.2, 0.25) is 0 Å². The predicted octanol–water partition coefficient (Wildman–Crippen LogP) is 2.26. The fourth-order valence-electron chi connectivity index (χ4n) is 3.67. The SMILES string of the molecule is CC1(C(=O)O)CCCN1C(=O)C1CCc2ccccc2C1. The van der Waals surface area contributed by atoms with Gasteiger partial charge in [0.05, 0.1) is 0 Å². The maximum atomic E-state index is 12.8. The first-order valence-corrected chi connectivity index (χ1v) is 7.64. The van der Waals surface area contributed by atoms with Crippen molar-refractivity contribution in [3.05, 3.63) is 35.4 Å². The van der Waals surface area contributed by atoms with Gasteiger partial charge in [0.1, 0.15) is 5.54 Å². The number of aryl methyl sites for hydroxylation is 1. The zero-order chi connectivity index (χ0) is 15.0. The summed E-state index contributed by atoms with van der Waals surface area (Å²) in [6.45, 7) is 2.25. The Hall–Kier alpha value is -1.84. The number of likely N-dealkylation sites (tertiary alicyclic amines) is 1. The second kappa shape index (κ2) is 5.17. The summed E-state index contributed by atoms with van der Waals surface area (Å²) in [6, 6.07) is 8.23. The van der Waals surface area contributed by atoms with Crippen molar-refractivity contribution < 1.29 is 14.7 Å². The van der Waals surface area contributed by atoms with Crippen LogP contribution in [0.15, 0.2) is 24.3 Å². The molecule has 0 radical (unpaired) electrons. The summed E-state index contributed by atoms with van der Waals surface area (Å²) in [4.78, 5) is 25.9. The zero-order valence-electron chi connectivity index (χ0n) is 12.3. The third kappa shape index (κ3) is 2.33. The van der Waals surface area contributed by atoms with E-state index in [1.165, 1.54) is 11.1 Å². The van der Waals surface area contributed by atoms with E-state index in [0.29, 0.717) is 13.0 Å². The monoisotopic (exact) mass is 287 g/mol. The van der Waals surface area contributed by atoms with Crippen molar-refractivity contribution in [2.24, 2.45) is 5.92 Å². The predicted molar refractivity (Wildman–Crippen MR) is 78.9 cm³/mol. The smallest absolute Gasteiger partial charge is 0.329 e. The highest BCUT2D eigenvalue weighted by Gasteiger charge is 2.47. The Kier molecular flexibility index (Phi) is 3.47. The number of aliphatic carboxylic acids is 1. The molecule has 1 aromatic carbocycles. The molecular formula is C17H21NO3. The summed E-state index contributed by atoms with van der Waals surface area (Å²) >= 11 is 0. The van der Waals surface area contributed by atoms with E-state index in [1.54, 1.807) is 11.8 Å². The van der Waals surface area contributed by atoms with Crippen LogP contribution in [0.4, 0.5) is 0 Å². The molecule has 1 N–H and O–H groups in total. The van der Waals surface area contributed by atoms with Crippen molar-refractivity contribution in [3.63, 3.8) is 0 Å². The third-order valence-corrected chi connectivity index (χ3v) is 5.06. The number of carboxylic acids is 1. The number of benzene rings is 1. The van der Waals surface area contributed by atoms with Crippen LogP contribution in [0.5, 0.6) is 0 Å². The number of carbonyl (C=O) groups excluding carboxylic acids is 1. The molecule has 1 heterocycles. The van der Waals surface area contributed by atoms with Crippen LogP contribution < -0.4 is 0 Å². The zero-order valence-corrected chi connectivity index (χ0v) is 12.3. The molecule has 2 unspecified atom stereocenters. The van der Waals surface area contributed by atoms with Crippen LogP contribution >= 0.6 is 0 Å². The van der Waals surface area contributed by atoms with E-state index in [9.17, 15) is 14.7 Å². The Balaban J connectivity index is 1.79. The van der Waals surface area contributed by atoms with Gasteiger partial charge in [-0.1, -0.05) is 24.3 Å². The van der Waals surface area contributed by atoms with Gasteiger partial charge in [0.2, 0.25) is 5.91 Å². The van der Waals surface area contributed by atoms with Crippen LogP contribution in [0.3, 0.4) is 0 Å². The highest BCUT2D eigenvalue weighted by molar-refractivity contribution is 5.88. The molecule has 1 aromatic rings. The van der Waals surface area contributed by atoms with E-state index in [1.807, 2.05) is 12.1 Å². The number of rotatable bonds is 2. The second-order valence-electron chi connectivity index (χ2n) is 6.38. The molecule has 2 atom stereocenters. The van der Waals surface area contributed by atoms with Crippen LogP contribution in [-0.2, 0) is 22.4 Å². The minimum Gasteiger partial charge on any atom is -0.480 e. The molecule has 0 aromatic heterocycles. The first-order chi connectivity index (χ1) is 10.0. The van der Waals surface area contributed by atoms with Crippen molar-refractivity contribution in [3.8, 4) is 0 Å². The lowest BCUT2D eigenvalue weighted by Crippen LogP contribution is -2.53. The maximum absolute atomic E-state index is 12.8. The van der Waals surface area contributed by atoms with Crippen molar-refractivity contribution in [2.45, 2.75) is 44.6 Å². The summed E-state index contributed by atoms with van der Waals surface area (Å²) < 4.78 is 0. The molecule has 4 nitrogen and oxygen atoms in total. The van der Waals surface area contributed by atoms with Crippen molar-refractivity contribution in [2.75, 3.05) is 6.54 Å². The van der Waals surface area contributed by atoms with E-state index in [4.69, 9.17) is 0 Å². The highest BCUT2D eigenvalue weighted by Crippen LogP contribution is 2.34. The van der Waals surface area contributed by atoms with Gasteiger partial charge in [-0.2, -0.15) is 0 Å². The number of carboxylic acid groups (broad SMARTS) is 1. The van der Waals surface area contributed by atoms with Crippen molar-refractivity contribution in [1.29, 1.82) is 0 Å². The maximum Gasteiger partial charge on any atom is 0.329 e. The normalized spacial score (nSPS) is 28.2.